The lowest BCUT2D eigenvalue weighted by molar-refractivity contribution is 0.0859. The maximum atomic E-state index is 5.93. The Labute approximate surface area is 115 Å². The van der Waals surface area contributed by atoms with Crippen LogP contribution in [0.5, 0.6) is 11.5 Å². The van der Waals surface area contributed by atoms with Crippen LogP contribution in [0.1, 0.15) is 11.9 Å². The van der Waals surface area contributed by atoms with Gasteiger partial charge in [-0.25, -0.2) is 4.98 Å². The topological polar surface area (TPSA) is 73.2 Å². The van der Waals surface area contributed by atoms with Gasteiger partial charge < -0.3 is 20.2 Å². The Morgan fingerprint density at radius 1 is 1.15 bits per heavy atom. The second-order valence-electron chi connectivity index (χ2n) is 4.76. The first-order valence-electron chi connectivity index (χ1n) is 6.43. The maximum Gasteiger partial charge on any atom is 0.190 e. The lowest BCUT2D eigenvalue weighted by Crippen LogP contribution is -2.22. The minimum Gasteiger partial charge on any atom is -0.485 e. The van der Waals surface area contributed by atoms with Gasteiger partial charge in [0.05, 0.1) is 11.0 Å². The Hall–Kier alpha value is -2.69. The van der Waals surface area contributed by atoms with Crippen molar-refractivity contribution < 1.29 is 9.47 Å². The maximum absolute atomic E-state index is 5.93. The summed E-state index contributed by atoms with van der Waals surface area (Å²) >= 11 is 0. The van der Waals surface area contributed by atoms with E-state index in [9.17, 15) is 0 Å². The van der Waals surface area contributed by atoms with Gasteiger partial charge >= 0.3 is 0 Å². The predicted octanol–water partition coefficient (Wildman–Crippen LogP) is 2.66. The number of aromatic nitrogens is 2. The molecule has 1 unspecified atom stereocenters. The molecule has 0 saturated heterocycles. The van der Waals surface area contributed by atoms with Gasteiger partial charge in [0.25, 0.3) is 0 Å². The largest absolute Gasteiger partial charge is 0.485 e. The fourth-order valence-corrected chi connectivity index (χ4v) is 2.35. The number of fused-ring (bicyclic) bond motifs is 2. The Morgan fingerprint density at radius 2 is 2.00 bits per heavy atom. The fraction of sp³-hybridized carbons (Fsp3) is 0.133. The highest BCUT2D eigenvalue weighted by Gasteiger charge is 2.24. The summed E-state index contributed by atoms with van der Waals surface area (Å²) in [4.78, 5) is 7.78. The number of hydrogen-bond donors (Lipinski definition) is 2. The molecule has 2 heterocycles. The summed E-state index contributed by atoms with van der Waals surface area (Å²) in [6, 6.07) is 13.2. The normalized spacial score (nSPS) is 17.3. The summed E-state index contributed by atoms with van der Waals surface area (Å²) in [6.07, 6.45) is -0.237. The van der Waals surface area contributed by atoms with Crippen molar-refractivity contribution >= 4 is 16.7 Å². The average molecular weight is 267 g/mol. The molecule has 0 fully saturated rings. The van der Waals surface area contributed by atoms with Crippen molar-refractivity contribution in [3.63, 3.8) is 0 Å². The SMILES string of the molecule is Nc1ccc2nc(C3COc4ccccc4O3)[nH]c2c1. The highest BCUT2D eigenvalue weighted by molar-refractivity contribution is 5.78. The molecule has 5 heteroatoms. The Kier molecular flexibility index (Phi) is 2.32. The van der Waals surface area contributed by atoms with E-state index in [4.69, 9.17) is 15.2 Å². The number of nitrogen functional groups attached to an aromatic ring is 1. The van der Waals surface area contributed by atoms with Crippen molar-refractivity contribution in [3.8, 4) is 11.5 Å². The van der Waals surface area contributed by atoms with Crippen molar-refractivity contribution in [1.29, 1.82) is 0 Å². The van der Waals surface area contributed by atoms with Crippen LogP contribution in [0.4, 0.5) is 5.69 Å². The molecule has 1 atom stereocenters. The number of imidazole rings is 1. The molecule has 2 aromatic carbocycles. The first-order valence-corrected chi connectivity index (χ1v) is 6.43. The molecule has 0 bridgehead atoms. The standard InChI is InChI=1S/C15H13N3O2/c16-9-5-6-10-11(7-9)18-15(17-10)14-8-19-12-3-1-2-4-13(12)20-14/h1-7,14H,8,16H2,(H,17,18). The van der Waals surface area contributed by atoms with E-state index in [1.165, 1.54) is 0 Å². The van der Waals surface area contributed by atoms with Crippen molar-refractivity contribution in [2.75, 3.05) is 12.3 Å². The van der Waals surface area contributed by atoms with Gasteiger partial charge in [-0.1, -0.05) is 12.1 Å². The van der Waals surface area contributed by atoms with Crippen molar-refractivity contribution in [2.24, 2.45) is 0 Å². The summed E-state index contributed by atoms with van der Waals surface area (Å²) in [7, 11) is 0. The molecular weight excluding hydrogens is 254 g/mol. The van der Waals surface area contributed by atoms with Crippen molar-refractivity contribution in [3.05, 3.63) is 48.3 Å². The van der Waals surface area contributed by atoms with E-state index < -0.39 is 0 Å². The molecule has 4 rings (SSSR count). The van der Waals surface area contributed by atoms with Gasteiger partial charge in [-0.2, -0.15) is 0 Å². The molecular formula is C15H13N3O2. The number of H-pyrrole nitrogens is 1. The van der Waals surface area contributed by atoms with E-state index in [0.717, 1.165) is 28.4 Å². The Balaban J connectivity index is 1.70. The fourth-order valence-electron chi connectivity index (χ4n) is 2.35. The molecule has 0 amide bonds. The zero-order valence-electron chi connectivity index (χ0n) is 10.7. The van der Waals surface area contributed by atoms with E-state index >= 15 is 0 Å². The summed E-state index contributed by atoms with van der Waals surface area (Å²) in [5, 5.41) is 0. The number of rotatable bonds is 1. The van der Waals surface area contributed by atoms with Gasteiger partial charge in [-0.05, 0) is 30.3 Å². The van der Waals surface area contributed by atoms with Crippen LogP contribution in [-0.2, 0) is 0 Å². The number of hydrogen-bond acceptors (Lipinski definition) is 4. The number of anilines is 1. The van der Waals surface area contributed by atoms with E-state index in [2.05, 4.69) is 9.97 Å². The molecule has 3 aromatic rings. The quantitative estimate of drug-likeness (QED) is 0.665. The summed E-state index contributed by atoms with van der Waals surface area (Å²) in [5.74, 6) is 2.26. The van der Waals surface area contributed by atoms with E-state index in [1.54, 1.807) is 0 Å². The number of ether oxygens (including phenoxy) is 2. The van der Waals surface area contributed by atoms with Crippen LogP contribution in [0.15, 0.2) is 42.5 Å². The van der Waals surface area contributed by atoms with Gasteiger partial charge in [0.15, 0.2) is 23.4 Å². The van der Waals surface area contributed by atoms with Gasteiger partial charge in [-0.15, -0.1) is 0 Å². The summed E-state index contributed by atoms with van der Waals surface area (Å²) < 4.78 is 11.6. The second kappa shape index (κ2) is 4.16. The molecule has 100 valence electrons. The molecule has 0 radical (unpaired) electrons. The first-order chi connectivity index (χ1) is 9.79. The third-order valence-corrected chi connectivity index (χ3v) is 3.34. The third-order valence-electron chi connectivity index (χ3n) is 3.34. The smallest absolute Gasteiger partial charge is 0.190 e. The molecule has 1 aliphatic heterocycles. The zero-order valence-corrected chi connectivity index (χ0v) is 10.7. The highest BCUT2D eigenvalue weighted by Crippen LogP contribution is 2.35. The number of nitrogens with zero attached hydrogens (tertiary/aromatic N) is 1. The van der Waals surface area contributed by atoms with Crippen LogP contribution in [0, 0.1) is 0 Å². The van der Waals surface area contributed by atoms with E-state index in [1.807, 2.05) is 42.5 Å². The van der Waals surface area contributed by atoms with Crippen LogP contribution in [0.25, 0.3) is 11.0 Å². The number of aromatic amines is 1. The van der Waals surface area contributed by atoms with Crippen molar-refractivity contribution in [1.82, 2.24) is 9.97 Å². The summed E-state index contributed by atoms with van der Waals surface area (Å²) in [6.45, 7) is 0.437. The zero-order chi connectivity index (χ0) is 13.5. The number of benzene rings is 2. The minimum atomic E-state index is -0.237. The molecule has 1 aliphatic rings. The molecule has 0 aliphatic carbocycles. The highest BCUT2D eigenvalue weighted by atomic mass is 16.6. The number of nitrogens with one attached hydrogen (secondary N) is 1. The van der Waals surface area contributed by atoms with Crippen LogP contribution >= 0.6 is 0 Å². The molecule has 3 N–H and O–H groups in total. The second-order valence-corrected chi connectivity index (χ2v) is 4.76. The lowest BCUT2D eigenvalue weighted by atomic mass is 10.2. The van der Waals surface area contributed by atoms with E-state index in [0.29, 0.717) is 12.3 Å². The third kappa shape index (κ3) is 1.75. The monoisotopic (exact) mass is 267 g/mol. The van der Waals surface area contributed by atoms with Crippen LogP contribution in [0.3, 0.4) is 0 Å². The molecule has 0 spiro atoms. The Bertz CT molecular complexity index is 782. The molecule has 20 heavy (non-hydrogen) atoms. The van der Waals surface area contributed by atoms with Gasteiger partial charge in [0.2, 0.25) is 0 Å². The van der Waals surface area contributed by atoms with Crippen LogP contribution in [-0.4, -0.2) is 16.6 Å². The lowest BCUT2D eigenvalue weighted by Gasteiger charge is -2.24. The van der Waals surface area contributed by atoms with Gasteiger partial charge in [0.1, 0.15) is 6.61 Å². The molecule has 1 aromatic heterocycles. The van der Waals surface area contributed by atoms with Crippen LogP contribution < -0.4 is 15.2 Å². The summed E-state index contributed by atoms with van der Waals surface area (Å²) in [5.41, 5.74) is 8.26. The Morgan fingerprint density at radius 3 is 2.90 bits per heavy atom. The predicted molar refractivity (Wildman–Crippen MR) is 75.8 cm³/mol. The van der Waals surface area contributed by atoms with E-state index in [-0.39, 0.29) is 6.10 Å². The molecule has 0 saturated carbocycles. The molecule has 5 nitrogen and oxygen atoms in total. The average Bonchev–Trinajstić information content (AvgIpc) is 2.89. The van der Waals surface area contributed by atoms with Crippen LogP contribution in [0.2, 0.25) is 0 Å². The number of nitrogens with two attached hydrogens (primary N) is 1. The number of para-hydroxylation sites is 2. The first kappa shape index (κ1) is 11.2. The van der Waals surface area contributed by atoms with Gasteiger partial charge in [-0.3, -0.25) is 0 Å². The minimum absolute atomic E-state index is 0.237. The van der Waals surface area contributed by atoms with Gasteiger partial charge in [0, 0.05) is 5.69 Å². The van der Waals surface area contributed by atoms with Crippen molar-refractivity contribution in [2.45, 2.75) is 6.10 Å².